The fourth-order valence-corrected chi connectivity index (χ4v) is 9.38. The van der Waals surface area contributed by atoms with Crippen LogP contribution in [0.25, 0.3) is 5.70 Å². The summed E-state index contributed by atoms with van der Waals surface area (Å²) in [6.45, 7) is -0.238. The first-order valence-electron chi connectivity index (χ1n) is 12.5. The highest BCUT2D eigenvalue weighted by Gasteiger charge is 2.34. The number of hydrogen-bond donors (Lipinski definition) is 0. The average molecular weight is 514 g/mol. The van der Waals surface area contributed by atoms with Gasteiger partial charge in [0.2, 0.25) is 16.7 Å². The van der Waals surface area contributed by atoms with Crippen LogP contribution in [-0.4, -0.2) is 4.92 Å². The van der Waals surface area contributed by atoms with Crippen LogP contribution in [0.5, 0.6) is 0 Å². The molecule has 0 aliphatic carbocycles. The molecule has 1 heterocycles. The molecule has 0 amide bonds. The van der Waals surface area contributed by atoms with Crippen molar-refractivity contribution in [3.63, 3.8) is 0 Å². The van der Waals surface area contributed by atoms with Crippen LogP contribution >= 0.6 is 6.89 Å². The van der Waals surface area contributed by atoms with E-state index in [0.717, 1.165) is 27.9 Å². The van der Waals surface area contributed by atoms with Gasteiger partial charge in [0, 0.05) is 29.1 Å². The van der Waals surface area contributed by atoms with E-state index in [1.807, 2.05) is 31.2 Å². The summed E-state index contributed by atoms with van der Waals surface area (Å²) >= 11 is 0. The molecule has 0 fully saturated rings. The molecule has 38 heavy (non-hydrogen) atoms. The van der Waals surface area contributed by atoms with Gasteiger partial charge in [-0.25, -0.2) is 0 Å². The fourth-order valence-electron chi connectivity index (χ4n) is 5.32. The molecule has 0 spiro atoms. The van der Waals surface area contributed by atoms with E-state index >= 15 is 0 Å². The number of para-hydroxylation sites is 1. The molecule has 0 aromatic heterocycles. The maximum Gasteiger partial charge on any atom is 0.276 e. The van der Waals surface area contributed by atoms with Gasteiger partial charge in [0.1, 0.15) is 0 Å². The zero-order valence-electron chi connectivity index (χ0n) is 20.9. The van der Waals surface area contributed by atoms with Crippen LogP contribution in [-0.2, 0) is 0 Å². The lowest BCUT2D eigenvalue weighted by molar-refractivity contribution is -0.384. The van der Waals surface area contributed by atoms with E-state index in [2.05, 4.69) is 107 Å². The highest BCUT2D eigenvalue weighted by Crippen LogP contribution is 2.53. The molecule has 5 aromatic rings. The normalized spacial score (nSPS) is 13.9. The molecule has 5 aromatic carbocycles. The number of rotatable bonds is 5. The molecule has 0 N–H and O–H groups in total. The first kappa shape index (κ1) is 23.8. The quantitative estimate of drug-likeness (QED) is 0.114. The molecular weight excluding hydrogens is 487 g/mol. The van der Waals surface area contributed by atoms with Crippen molar-refractivity contribution in [1.82, 2.24) is 4.58 Å². The maximum atomic E-state index is 11.8. The van der Waals surface area contributed by atoms with Gasteiger partial charge in [-0.3, -0.25) is 10.1 Å². The number of aryl methyl sites for hydroxylation is 1. The molecule has 0 saturated carbocycles. The summed E-state index contributed by atoms with van der Waals surface area (Å²) < 4.78 is 2.21. The van der Waals surface area contributed by atoms with Crippen molar-refractivity contribution in [3.05, 3.63) is 171 Å². The third-order valence-electron chi connectivity index (χ3n) is 7.10. The van der Waals surface area contributed by atoms with Crippen LogP contribution in [0.1, 0.15) is 11.1 Å². The van der Waals surface area contributed by atoms with Gasteiger partial charge in [0.15, 0.2) is 0 Å². The van der Waals surface area contributed by atoms with Crippen molar-refractivity contribution in [2.45, 2.75) is 6.92 Å². The summed E-state index contributed by atoms with van der Waals surface area (Å²) in [4.78, 5) is 12.7. The van der Waals surface area contributed by atoms with Crippen molar-refractivity contribution in [3.8, 4) is 0 Å². The number of non-ortho nitro benzene ring substituents is 1. The van der Waals surface area contributed by atoms with Gasteiger partial charge in [0.25, 0.3) is 5.69 Å². The Morgan fingerprint density at radius 1 is 0.684 bits per heavy atom. The largest absolute Gasteiger partial charge is 0.276 e. The number of nitro benzene ring substituents is 1. The lowest BCUT2D eigenvalue weighted by Gasteiger charge is -2.27. The van der Waals surface area contributed by atoms with E-state index in [1.165, 1.54) is 15.5 Å². The second kappa shape index (κ2) is 9.74. The van der Waals surface area contributed by atoms with E-state index in [9.17, 15) is 10.1 Å². The molecule has 1 aliphatic heterocycles. The number of nitrogens with zero attached hydrogens (tertiary/aromatic N) is 2. The monoisotopic (exact) mass is 513 g/mol. The first-order valence-corrected chi connectivity index (χ1v) is 14.4. The summed E-state index contributed by atoms with van der Waals surface area (Å²) in [5.41, 5.74) is 3.93. The highest BCUT2D eigenvalue weighted by molar-refractivity contribution is 7.85. The molecule has 5 heteroatoms. The van der Waals surface area contributed by atoms with Crippen LogP contribution in [0.4, 0.5) is 11.4 Å². The second-order valence-electron chi connectivity index (χ2n) is 9.33. The molecule has 0 bridgehead atoms. The van der Waals surface area contributed by atoms with Crippen molar-refractivity contribution in [2.24, 2.45) is 0 Å². The second-order valence-corrected chi connectivity index (χ2v) is 12.5. The summed E-state index contributed by atoms with van der Waals surface area (Å²) in [5.74, 6) is 2.44. The minimum Gasteiger partial charge on any atom is -0.258 e. The Kier molecular flexibility index (Phi) is 6.11. The van der Waals surface area contributed by atoms with Crippen LogP contribution in [0, 0.1) is 22.0 Å². The number of hydrogen-bond acceptors (Lipinski definition) is 2. The Labute approximate surface area is 221 Å². The Hall–Kier alpha value is -4.53. The van der Waals surface area contributed by atoms with Crippen LogP contribution in [0.3, 0.4) is 0 Å². The predicted molar refractivity (Wildman–Crippen MR) is 157 cm³/mol. The fraction of sp³-hybridized carbons (Fsp3) is 0.0303. The molecule has 0 unspecified atom stereocenters. The SMILES string of the molecule is Cc1ccc([N+](=O)[O-])cc1[N+]1=c2ccccc2=P(c2ccccc2)(c2ccccc2)C=C1c1ccccc1. The summed E-state index contributed by atoms with van der Waals surface area (Å²) in [5, 5.41) is 15.4. The minimum atomic E-state index is -2.25. The van der Waals surface area contributed by atoms with Crippen molar-refractivity contribution >= 4 is 34.6 Å². The zero-order chi connectivity index (χ0) is 26.1. The van der Waals surface area contributed by atoms with E-state index in [4.69, 9.17) is 0 Å². The number of benzene rings is 5. The van der Waals surface area contributed by atoms with Gasteiger partial charge in [-0.2, -0.15) is 4.58 Å². The summed E-state index contributed by atoms with van der Waals surface area (Å²) in [6.07, 6.45) is 0. The third-order valence-corrected chi connectivity index (χ3v) is 11.1. The van der Waals surface area contributed by atoms with E-state index in [-0.39, 0.29) is 10.6 Å². The van der Waals surface area contributed by atoms with Gasteiger partial charge in [0.05, 0.1) is 15.9 Å². The zero-order valence-corrected chi connectivity index (χ0v) is 21.8. The third kappa shape index (κ3) is 3.91. The average Bonchev–Trinajstić information content (AvgIpc) is 2.98. The Bertz CT molecular complexity index is 1800. The topological polar surface area (TPSA) is 46.1 Å². The van der Waals surface area contributed by atoms with Crippen molar-refractivity contribution in [1.29, 1.82) is 0 Å². The van der Waals surface area contributed by atoms with E-state index in [1.54, 1.807) is 12.1 Å². The Morgan fingerprint density at radius 2 is 1.24 bits per heavy atom. The molecule has 0 radical (unpaired) electrons. The first-order chi connectivity index (χ1) is 18.6. The van der Waals surface area contributed by atoms with Crippen LogP contribution in [0.15, 0.2) is 139 Å². The van der Waals surface area contributed by atoms with Gasteiger partial charge >= 0.3 is 0 Å². The van der Waals surface area contributed by atoms with Gasteiger partial charge in [-0.15, -0.1) is 0 Å². The highest BCUT2D eigenvalue weighted by atomic mass is 31.2. The van der Waals surface area contributed by atoms with Crippen LogP contribution < -0.4 is 20.5 Å². The maximum absolute atomic E-state index is 11.8. The molecular formula is C33H26N2O2P+. The number of nitro groups is 1. The molecule has 1 aliphatic rings. The number of fused-ring (bicyclic) bond motifs is 1. The van der Waals surface area contributed by atoms with Gasteiger partial charge in [-0.1, -0.05) is 91.0 Å². The smallest absolute Gasteiger partial charge is 0.258 e. The Morgan fingerprint density at radius 3 is 1.84 bits per heavy atom. The predicted octanol–water partition coefficient (Wildman–Crippen LogP) is 6.66. The standard InChI is InChI=1S/C33H26N2O2P/c1-25-21-22-27(35(36)37)23-31(25)34-30-19-11-12-20-33(30)38(28-15-7-3-8-16-28,29-17-9-4-10-18-29)24-32(34)26-13-5-2-6-14-26/h2-24H,1H3/q+1. The molecule has 184 valence electrons. The van der Waals surface area contributed by atoms with Crippen LogP contribution in [0.2, 0.25) is 0 Å². The lowest BCUT2D eigenvalue weighted by atomic mass is 10.1. The summed E-state index contributed by atoms with van der Waals surface area (Å²) in [7, 11) is 0. The lowest BCUT2D eigenvalue weighted by Crippen LogP contribution is -2.32. The summed E-state index contributed by atoms with van der Waals surface area (Å²) in [6, 6.07) is 45.4. The van der Waals surface area contributed by atoms with Crippen molar-refractivity contribution in [2.75, 3.05) is 0 Å². The molecule has 0 saturated heterocycles. The molecule has 0 atom stereocenters. The minimum absolute atomic E-state index is 0.0771. The molecule has 4 nitrogen and oxygen atoms in total. The van der Waals surface area contributed by atoms with E-state index < -0.39 is 6.89 Å². The van der Waals surface area contributed by atoms with Crippen molar-refractivity contribution < 1.29 is 4.92 Å². The van der Waals surface area contributed by atoms with E-state index in [0.29, 0.717) is 0 Å². The van der Waals surface area contributed by atoms with Gasteiger partial charge < -0.3 is 0 Å². The Balaban J connectivity index is 1.90. The van der Waals surface area contributed by atoms with Gasteiger partial charge in [-0.05, 0) is 48.7 Å². The molecule has 6 rings (SSSR count).